The number of benzene rings is 1. The van der Waals surface area contributed by atoms with Crippen LogP contribution in [0.2, 0.25) is 0 Å². The first kappa shape index (κ1) is 13.7. The van der Waals surface area contributed by atoms with E-state index in [1.807, 2.05) is 0 Å². The van der Waals surface area contributed by atoms with E-state index in [0.29, 0.717) is 5.76 Å². The van der Waals surface area contributed by atoms with E-state index in [1.165, 1.54) is 20.3 Å². The lowest BCUT2D eigenvalue weighted by molar-refractivity contribution is -0.0834. The molecular formula is C14H14O7. The minimum atomic E-state index is -1.46. The van der Waals surface area contributed by atoms with Crippen molar-refractivity contribution in [2.24, 2.45) is 0 Å². The largest absolute Gasteiger partial charge is 0.495 e. The average Bonchev–Trinajstić information content (AvgIpc) is 2.72. The molecule has 1 aromatic carbocycles. The molecule has 2 N–H and O–H groups in total. The van der Waals surface area contributed by atoms with Crippen molar-refractivity contribution in [1.82, 2.24) is 0 Å². The number of aryl methyl sites for hydroxylation is 1. The first-order chi connectivity index (χ1) is 9.99. The highest BCUT2D eigenvalue weighted by Crippen LogP contribution is 2.52. The van der Waals surface area contributed by atoms with Gasteiger partial charge >= 0.3 is 0 Å². The predicted molar refractivity (Wildman–Crippen MR) is 71.9 cm³/mol. The monoisotopic (exact) mass is 294 g/mol. The molecule has 0 saturated carbocycles. The van der Waals surface area contributed by atoms with Crippen LogP contribution in [0.25, 0.3) is 11.0 Å². The van der Waals surface area contributed by atoms with Crippen LogP contribution in [0.3, 0.4) is 0 Å². The summed E-state index contributed by atoms with van der Waals surface area (Å²) in [4.78, 5) is 12.3. The zero-order chi connectivity index (χ0) is 15.3. The predicted octanol–water partition coefficient (Wildman–Crippen LogP) is 0.863. The third kappa shape index (κ3) is 1.78. The van der Waals surface area contributed by atoms with Gasteiger partial charge in [-0.15, -0.1) is 0 Å². The molecule has 0 radical (unpaired) electrons. The van der Waals surface area contributed by atoms with Crippen molar-refractivity contribution in [1.29, 1.82) is 0 Å². The van der Waals surface area contributed by atoms with E-state index in [2.05, 4.69) is 0 Å². The summed E-state index contributed by atoms with van der Waals surface area (Å²) in [5, 5.41) is 19.9. The normalized spacial score (nSPS) is 20.2. The molecule has 0 spiro atoms. The summed E-state index contributed by atoms with van der Waals surface area (Å²) < 4.78 is 21.2. The van der Waals surface area contributed by atoms with Gasteiger partial charge in [0, 0.05) is 6.07 Å². The van der Waals surface area contributed by atoms with E-state index >= 15 is 0 Å². The second kappa shape index (κ2) is 4.64. The van der Waals surface area contributed by atoms with Crippen LogP contribution in [0.1, 0.15) is 17.4 Å². The minimum absolute atomic E-state index is 0.107. The van der Waals surface area contributed by atoms with E-state index < -0.39 is 12.4 Å². The number of aliphatic hydroxyl groups is 2. The summed E-state index contributed by atoms with van der Waals surface area (Å²) in [6.07, 6.45) is -2.80. The highest BCUT2D eigenvalue weighted by atomic mass is 16.6. The fraction of sp³-hybridized carbons (Fsp3) is 0.357. The summed E-state index contributed by atoms with van der Waals surface area (Å²) in [6, 6.07) is 1.31. The second-order valence-corrected chi connectivity index (χ2v) is 4.69. The van der Waals surface area contributed by atoms with Crippen molar-refractivity contribution in [2.45, 2.75) is 19.3 Å². The van der Waals surface area contributed by atoms with Crippen LogP contribution in [-0.4, -0.2) is 30.7 Å². The average molecular weight is 294 g/mol. The Morgan fingerprint density at radius 3 is 2.48 bits per heavy atom. The first-order valence-corrected chi connectivity index (χ1v) is 6.24. The van der Waals surface area contributed by atoms with Crippen molar-refractivity contribution < 1.29 is 28.8 Å². The topological polar surface area (TPSA) is 98.4 Å². The molecule has 0 fully saturated rings. The standard InChI is InChI=1S/C14H14O7/c1-5-4-6(15)7-10(18-2)8-9(16)14(17)21-12(8)13(19-3)11(7)20-5/h4,9,14,16-17H,1-3H3. The van der Waals surface area contributed by atoms with Gasteiger partial charge in [0.25, 0.3) is 0 Å². The Labute approximate surface area is 119 Å². The van der Waals surface area contributed by atoms with Crippen LogP contribution in [0, 0.1) is 6.92 Å². The molecular weight excluding hydrogens is 280 g/mol. The summed E-state index contributed by atoms with van der Waals surface area (Å²) in [5.41, 5.74) is -0.00908. The Morgan fingerprint density at radius 2 is 1.86 bits per heavy atom. The zero-order valence-electron chi connectivity index (χ0n) is 11.7. The number of aliphatic hydroxyl groups excluding tert-OH is 2. The third-order valence-electron chi connectivity index (χ3n) is 3.41. The van der Waals surface area contributed by atoms with Gasteiger partial charge in [-0.3, -0.25) is 4.79 Å². The summed E-state index contributed by atoms with van der Waals surface area (Å²) in [5.74, 6) is 0.748. The Bertz CT molecular complexity index is 777. The number of fused-ring (bicyclic) bond motifs is 2. The van der Waals surface area contributed by atoms with Gasteiger partial charge in [0.1, 0.15) is 23.0 Å². The number of ether oxygens (including phenoxy) is 3. The molecule has 7 heteroatoms. The van der Waals surface area contributed by atoms with Crippen LogP contribution < -0.4 is 19.6 Å². The molecule has 0 amide bonds. The quantitative estimate of drug-likeness (QED) is 0.847. The van der Waals surface area contributed by atoms with Gasteiger partial charge < -0.3 is 28.8 Å². The smallest absolute Gasteiger partial charge is 0.228 e. The van der Waals surface area contributed by atoms with Crippen LogP contribution in [-0.2, 0) is 0 Å². The molecule has 112 valence electrons. The van der Waals surface area contributed by atoms with Gasteiger partial charge in [-0.25, -0.2) is 0 Å². The summed E-state index contributed by atoms with van der Waals surface area (Å²) >= 11 is 0. The second-order valence-electron chi connectivity index (χ2n) is 4.69. The van der Waals surface area contributed by atoms with Gasteiger partial charge in [-0.1, -0.05) is 0 Å². The van der Waals surface area contributed by atoms with E-state index in [1.54, 1.807) is 6.92 Å². The van der Waals surface area contributed by atoms with Gasteiger partial charge in [-0.2, -0.15) is 0 Å². The Morgan fingerprint density at radius 1 is 1.19 bits per heavy atom. The van der Waals surface area contributed by atoms with Crippen molar-refractivity contribution in [3.05, 3.63) is 27.6 Å². The minimum Gasteiger partial charge on any atom is -0.495 e. The highest BCUT2D eigenvalue weighted by Gasteiger charge is 2.40. The molecule has 2 heterocycles. The maximum Gasteiger partial charge on any atom is 0.228 e. The number of hydrogen-bond donors (Lipinski definition) is 2. The van der Waals surface area contributed by atoms with Gasteiger partial charge in [0.15, 0.2) is 16.8 Å². The molecule has 7 nitrogen and oxygen atoms in total. The molecule has 3 rings (SSSR count). The van der Waals surface area contributed by atoms with Crippen molar-refractivity contribution >= 4 is 11.0 Å². The fourth-order valence-corrected chi connectivity index (χ4v) is 2.56. The number of hydrogen-bond acceptors (Lipinski definition) is 7. The van der Waals surface area contributed by atoms with E-state index in [0.717, 1.165) is 0 Å². The van der Waals surface area contributed by atoms with Crippen molar-refractivity contribution in [3.8, 4) is 17.2 Å². The van der Waals surface area contributed by atoms with Gasteiger partial charge in [0.2, 0.25) is 12.0 Å². The van der Waals surface area contributed by atoms with Gasteiger partial charge in [0.05, 0.1) is 19.8 Å². The maximum atomic E-state index is 12.3. The molecule has 2 atom stereocenters. The Kier molecular flexibility index (Phi) is 3.03. The lowest BCUT2D eigenvalue weighted by Crippen LogP contribution is -2.17. The Hall–Kier alpha value is -2.25. The van der Waals surface area contributed by atoms with E-state index in [9.17, 15) is 15.0 Å². The third-order valence-corrected chi connectivity index (χ3v) is 3.41. The molecule has 21 heavy (non-hydrogen) atoms. The van der Waals surface area contributed by atoms with Crippen LogP contribution >= 0.6 is 0 Å². The Balaban J connectivity index is 2.54. The van der Waals surface area contributed by atoms with Gasteiger partial charge in [-0.05, 0) is 6.92 Å². The van der Waals surface area contributed by atoms with Crippen LogP contribution in [0.4, 0.5) is 0 Å². The summed E-state index contributed by atoms with van der Waals surface area (Å²) in [7, 11) is 2.74. The highest BCUT2D eigenvalue weighted by molar-refractivity contribution is 5.93. The number of rotatable bonds is 2. The molecule has 0 bridgehead atoms. The summed E-state index contributed by atoms with van der Waals surface area (Å²) in [6.45, 7) is 1.63. The number of methoxy groups -OCH3 is 2. The van der Waals surface area contributed by atoms with Crippen molar-refractivity contribution in [2.75, 3.05) is 14.2 Å². The van der Waals surface area contributed by atoms with E-state index in [4.69, 9.17) is 18.6 Å². The molecule has 1 aliphatic rings. The maximum absolute atomic E-state index is 12.3. The van der Waals surface area contributed by atoms with Crippen LogP contribution in [0.15, 0.2) is 15.3 Å². The van der Waals surface area contributed by atoms with E-state index in [-0.39, 0.29) is 39.2 Å². The fourth-order valence-electron chi connectivity index (χ4n) is 2.56. The first-order valence-electron chi connectivity index (χ1n) is 6.24. The molecule has 1 aliphatic heterocycles. The zero-order valence-corrected chi connectivity index (χ0v) is 11.7. The molecule has 0 aliphatic carbocycles. The molecule has 2 aromatic rings. The lowest BCUT2D eigenvalue weighted by atomic mass is 10.0. The lowest BCUT2D eigenvalue weighted by Gasteiger charge is -2.14. The molecule has 2 unspecified atom stereocenters. The van der Waals surface area contributed by atoms with Crippen LogP contribution in [0.5, 0.6) is 17.2 Å². The molecule has 0 saturated heterocycles. The SMILES string of the molecule is COc1c2c(c(OC)c3c(=O)cc(C)oc13)C(O)C(O)O2. The van der Waals surface area contributed by atoms with Crippen molar-refractivity contribution in [3.63, 3.8) is 0 Å². The molecule has 1 aromatic heterocycles.